The molecule has 2 N–H and O–H groups in total. The van der Waals surface area contributed by atoms with Gasteiger partial charge in [-0.25, -0.2) is 0 Å². The van der Waals surface area contributed by atoms with Crippen LogP contribution in [0.3, 0.4) is 0 Å². The van der Waals surface area contributed by atoms with Crippen LogP contribution in [0.15, 0.2) is 30.3 Å². The number of benzene rings is 1. The van der Waals surface area contributed by atoms with Crippen LogP contribution in [0, 0.1) is 6.92 Å². The Morgan fingerprint density at radius 2 is 2.00 bits per heavy atom. The predicted molar refractivity (Wildman–Crippen MR) is 76.3 cm³/mol. The maximum absolute atomic E-state index is 5.67. The highest BCUT2D eigenvalue weighted by Crippen LogP contribution is 2.19. The molecule has 2 rings (SSSR count). The highest BCUT2D eigenvalue weighted by Gasteiger charge is 2.09. The molecule has 100 valence electrons. The van der Waals surface area contributed by atoms with E-state index in [9.17, 15) is 0 Å². The summed E-state index contributed by atoms with van der Waals surface area (Å²) >= 11 is 0. The summed E-state index contributed by atoms with van der Waals surface area (Å²) in [5.74, 6) is 1.43. The van der Waals surface area contributed by atoms with Gasteiger partial charge >= 0.3 is 0 Å². The lowest BCUT2D eigenvalue weighted by Crippen LogP contribution is -2.19. The normalized spacial score (nSPS) is 10.3. The number of aryl methyl sites for hydroxylation is 1. The zero-order valence-corrected chi connectivity index (χ0v) is 11.4. The van der Waals surface area contributed by atoms with Gasteiger partial charge in [-0.2, -0.15) is 9.97 Å². The summed E-state index contributed by atoms with van der Waals surface area (Å²) in [6.07, 6.45) is 0. The largest absolute Gasteiger partial charge is 0.481 e. The Labute approximate surface area is 113 Å². The van der Waals surface area contributed by atoms with Gasteiger partial charge in [0.1, 0.15) is 5.82 Å². The molecule has 0 radical (unpaired) electrons. The SMILES string of the molecule is COc1cc(N(C)Cc2ccccc2C)nc(N)n1. The van der Waals surface area contributed by atoms with E-state index in [0.29, 0.717) is 5.88 Å². The molecule has 0 saturated carbocycles. The fourth-order valence-electron chi connectivity index (χ4n) is 1.85. The quantitative estimate of drug-likeness (QED) is 0.908. The van der Waals surface area contributed by atoms with E-state index in [1.54, 1.807) is 13.2 Å². The van der Waals surface area contributed by atoms with Gasteiger partial charge < -0.3 is 15.4 Å². The molecule has 5 heteroatoms. The monoisotopic (exact) mass is 258 g/mol. The number of nitrogens with two attached hydrogens (primary N) is 1. The molecule has 0 aliphatic heterocycles. The van der Waals surface area contributed by atoms with Crippen molar-refractivity contribution in [2.75, 3.05) is 24.8 Å². The lowest BCUT2D eigenvalue weighted by atomic mass is 10.1. The topological polar surface area (TPSA) is 64.3 Å². The van der Waals surface area contributed by atoms with Crippen molar-refractivity contribution in [3.05, 3.63) is 41.5 Å². The smallest absolute Gasteiger partial charge is 0.225 e. The number of hydrogen-bond acceptors (Lipinski definition) is 5. The molecule has 2 aromatic rings. The molecule has 0 aliphatic rings. The van der Waals surface area contributed by atoms with Gasteiger partial charge in [0, 0.05) is 19.7 Å². The molecule has 1 aromatic heterocycles. The molecule has 1 aromatic carbocycles. The van der Waals surface area contributed by atoms with Crippen LogP contribution in [0.1, 0.15) is 11.1 Å². The molecule has 0 bridgehead atoms. The fraction of sp³-hybridized carbons (Fsp3) is 0.286. The molecule has 0 aliphatic carbocycles. The van der Waals surface area contributed by atoms with Crippen molar-refractivity contribution in [1.82, 2.24) is 9.97 Å². The molecule has 19 heavy (non-hydrogen) atoms. The molecule has 0 atom stereocenters. The van der Waals surface area contributed by atoms with Crippen LogP contribution in [-0.2, 0) is 6.54 Å². The summed E-state index contributed by atoms with van der Waals surface area (Å²) in [6, 6.07) is 10.0. The minimum absolute atomic E-state index is 0.214. The molecular formula is C14H18N4O. The van der Waals surface area contributed by atoms with Crippen molar-refractivity contribution < 1.29 is 4.74 Å². The molecule has 0 spiro atoms. The maximum Gasteiger partial charge on any atom is 0.225 e. The summed E-state index contributed by atoms with van der Waals surface area (Å²) in [4.78, 5) is 10.2. The Bertz CT molecular complexity index is 571. The first-order valence-corrected chi connectivity index (χ1v) is 6.04. The van der Waals surface area contributed by atoms with Crippen molar-refractivity contribution in [3.8, 4) is 5.88 Å². The van der Waals surface area contributed by atoms with E-state index in [1.807, 2.05) is 24.1 Å². The van der Waals surface area contributed by atoms with Gasteiger partial charge in [-0.15, -0.1) is 0 Å². The van der Waals surface area contributed by atoms with Gasteiger partial charge in [0.05, 0.1) is 7.11 Å². The van der Waals surface area contributed by atoms with Crippen LogP contribution < -0.4 is 15.4 Å². The fourth-order valence-corrected chi connectivity index (χ4v) is 1.85. The summed E-state index contributed by atoms with van der Waals surface area (Å²) < 4.78 is 5.10. The van der Waals surface area contributed by atoms with Crippen molar-refractivity contribution in [1.29, 1.82) is 0 Å². The summed E-state index contributed by atoms with van der Waals surface area (Å²) in [5, 5.41) is 0. The van der Waals surface area contributed by atoms with Gasteiger partial charge in [-0.3, -0.25) is 0 Å². The zero-order chi connectivity index (χ0) is 13.8. The van der Waals surface area contributed by atoms with Gasteiger partial charge in [0.15, 0.2) is 0 Å². The van der Waals surface area contributed by atoms with E-state index in [2.05, 4.69) is 29.0 Å². The molecule has 1 heterocycles. The van der Waals surface area contributed by atoms with Crippen LogP contribution in [0.25, 0.3) is 0 Å². The van der Waals surface area contributed by atoms with Crippen molar-refractivity contribution in [2.24, 2.45) is 0 Å². The van der Waals surface area contributed by atoms with Crippen molar-refractivity contribution >= 4 is 11.8 Å². The number of hydrogen-bond donors (Lipinski definition) is 1. The molecule has 0 fully saturated rings. The Balaban J connectivity index is 2.22. The first-order chi connectivity index (χ1) is 9.10. The van der Waals surface area contributed by atoms with E-state index < -0.39 is 0 Å². The van der Waals surface area contributed by atoms with Gasteiger partial charge in [0.25, 0.3) is 0 Å². The van der Waals surface area contributed by atoms with Crippen LogP contribution >= 0.6 is 0 Å². The van der Waals surface area contributed by atoms with Gasteiger partial charge in [0.2, 0.25) is 11.8 Å². The highest BCUT2D eigenvalue weighted by molar-refractivity contribution is 5.45. The summed E-state index contributed by atoms with van der Waals surface area (Å²) in [5.41, 5.74) is 8.17. The lowest BCUT2D eigenvalue weighted by Gasteiger charge is -2.19. The van der Waals surface area contributed by atoms with Crippen LogP contribution in [-0.4, -0.2) is 24.1 Å². The van der Waals surface area contributed by atoms with Gasteiger partial charge in [-0.1, -0.05) is 24.3 Å². The second-order valence-electron chi connectivity index (χ2n) is 4.41. The Hall–Kier alpha value is -2.30. The molecular weight excluding hydrogens is 240 g/mol. The Morgan fingerprint density at radius 3 is 2.68 bits per heavy atom. The number of nitrogens with zero attached hydrogens (tertiary/aromatic N) is 3. The first kappa shape index (κ1) is 13.1. The van der Waals surface area contributed by atoms with E-state index in [-0.39, 0.29) is 5.95 Å². The van der Waals surface area contributed by atoms with E-state index in [4.69, 9.17) is 10.5 Å². The number of anilines is 2. The number of nitrogen functional groups attached to an aromatic ring is 1. The van der Waals surface area contributed by atoms with Crippen LogP contribution in [0.2, 0.25) is 0 Å². The summed E-state index contributed by atoms with van der Waals surface area (Å²) in [7, 11) is 3.53. The third-order valence-corrected chi connectivity index (χ3v) is 2.98. The molecule has 0 unspecified atom stereocenters. The number of rotatable bonds is 4. The third kappa shape index (κ3) is 3.13. The molecule has 0 saturated heterocycles. The standard InChI is InChI=1S/C14H18N4O/c1-10-6-4-5-7-11(10)9-18(2)12-8-13(19-3)17-14(15)16-12/h4-8H,9H2,1-3H3,(H2,15,16,17). The molecule has 0 amide bonds. The minimum atomic E-state index is 0.214. The Morgan fingerprint density at radius 1 is 1.26 bits per heavy atom. The summed E-state index contributed by atoms with van der Waals surface area (Å²) in [6.45, 7) is 2.85. The average molecular weight is 258 g/mol. The van der Waals surface area contributed by atoms with E-state index in [1.165, 1.54) is 11.1 Å². The van der Waals surface area contributed by atoms with Crippen LogP contribution in [0.5, 0.6) is 5.88 Å². The van der Waals surface area contributed by atoms with Crippen molar-refractivity contribution in [2.45, 2.75) is 13.5 Å². The second kappa shape index (κ2) is 5.56. The van der Waals surface area contributed by atoms with E-state index in [0.717, 1.165) is 12.4 Å². The minimum Gasteiger partial charge on any atom is -0.481 e. The number of ether oxygens (including phenoxy) is 1. The first-order valence-electron chi connectivity index (χ1n) is 6.04. The Kier molecular flexibility index (Phi) is 3.85. The lowest BCUT2D eigenvalue weighted by molar-refractivity contribution is 0.397. The number of aromatic nitrogens is 2. The number of methoxy groups -OCH3 is 1. The van der Waals surface area contributed by atoms with Crippen LogP contribution in [0.4, 0.5) is 11.8 Å². The third-order valence-electron chi connectivity index (χ3n) is 2.98. The van der Waals surface area contributed by atoms with Crippen molar-refractivity contribution in [3.63, 3.8) is 0 Å². The average Bonchev–Trinajstić information content (AvgIpc) is 2.40. The predicted octanol–water partition coefficient (Wildman–Crippen LogP) is 2.01. The van der Waals surface area contributed by atoms with E-state index >= 15 is 0 Å². The highest BCUT2D eigenvalue weighted by atomic mass is 16.5. The maximum atomic E-state index is 5.67. The second-order valence-corrected chi connectivity index (χ2v) is 4.41. The van der Waals surface area contributed by atoms with Gasteiger partial charge in [-0.05, 0) is 18.1 Å². The zero-order valence-electron chi connectivity index (χ0n) is 11.4. The molecule has 5 nitrogen and oxygen atoms in total.